The van der Waals surface area contributed by atoms with Gasteiger partial charge in [-0.3, -0.25) is 9.78 Å². The highest BCUT2D eigenvalue weighted by Gasteiger charge is 2.12. The second kappa shape index (κ2) is 8.07. The molecular formula is C14H17ClFN3O2S. The monoisotopic (exact) mass is 345 g/mol. The van der Waals surface area contributed by atoms with Crippen molar-refractivity contribution in [3.63, 3.8) is 0 Å². The van der Waals surface area contributed by atoms with Crippen LogP contribution >= 0.6 is 24.6 Å². The summed E-state index contributed by atoms with van der Waals surface area (Å²) < 4.78 is 20.8. The van der Waals surface area contributed by atoms with Gasteiger partial charge in [-0.25, -0.2) is 4.39 Å². The third kappa shape index (κ3) is 3.94. The van der Waals surface area contributed by atoms with Crippen LogP contribution in [0.5, 0.6) is 5.75 Å². The number of hydrogen-bond acceptors (Lipinski definition) is 4. The lowest BCUT2D eigenvalue weighted by Gasteiger charge is -2.15. The SMILES string of the molecule is COc1ccc(F)cc1-c1cc(=O)[nH]c(=S)n1CCCN.Cl. The first-order valence-corrected chi connectivity index (χ1v) is 6.85. The van der Waals surface area contributed by atoms with Crippen molar-refractivity contribution in [1.29, 1.82) is 0 Å². The summed E-state index contributed by atoms with van der Waals surface area (Å²) >= 11 is 5.18. The van der Waals surface area contributed by atoms with Crippen molar-refractivity contribution in [2.24, 2.45) is 5.73 Å². The van der Waals surface area contributed by atoms with Gasteiger partial charge >= 0.3 is 0 Å². The molecule has 0 fully saturated rings. The van der Waals surface area contributed by atoms with Crippen LogP contribution in [0.2, 0.25) is 0 Å². The summed E-state index contributed by atoms with van der Waals surface area (Å²) in [5.74, 6) is 0.0558. The first kappa shape index (κ1) is 18.3. The molecule has 0 spiro atoms. The summed E-state index contributed by atoms with van der Waals surface area (Å²) in [7, 11) is 1.49. The number of H-pyrrole nitrogens is 1. The Bertz CT molecular complexity index is 760. The van der Waals surface area contributed by atoms with Crippen LogP contribution in [-0.4, -0.2) is 23.2 Å². The van der Waals surface area contributed by atoms with Crippen LogP contribution in [0, 0.1) is 10.6 Å². The number of nitrogens with two attached hydrogens (primary N) is 1. The molecule has 2 rings (SSSR count). The van der Waals surface area contributed by atoms with E-state index < -0.39 is 5.82 Å². The van der Waals surface area contributed by atoms with E-state index in [9.17, 15) is 9.18 Å². The molecule has 0 saturated heterocycles. The lowest BCUT2D eigenvalue weighted by molar-refractivity contribution is 0.414. The van der Waals surface area contributed by atoms with Gasteiger partial charge in [-0.15, -0.1) is 12.4 Å². The minimum Gasteiger partial charge on any atom is -0.496 e. The molecule has 5 nitrogen and oxygen atoms in total. The van der Waals surface area contributed by atoms with E-state index in [2.05, 4.69) is 4.98 Å². The van der Waals surface area contributed by atoms with Gasteiger partial charge in [0.1, 0.15) is 11.6 Å². The Morgan fingerprint density at radius 2 is 2.14 bits per heavy atom. The third-order valence-corrected chi connectivity index (χ3v) is 3.38. The molecule has 3 N–H and O–H groups in total. The minimum atomic E-state index is -0.414. The van der Waals surface area contributed by atoms with Crippen LogP contribution in [-0.2, 0) is 6.54 Å². The van der Waals surface area contributed by atoms with Crippen molar-refractivity contribution in [3.05, 3.63) is 45.2 Å². The summed E-state index contributed by atoms with van der Waals surface area (Å²) in [6.45, 7) is 1.02. The second-order valence-electron chi connectivity index (χ2n) is 4.46. The molecule has 0 saturated carbocycles. The predicted molar refractivity (Wildman–Crippen MR) is 88.8 cm³/mol. The van der Waals surface area contributed by atoms with Gasteiger partial charge in [0.2, 0.25) is 0 Å². The molecule has 0 aliphatic carbocycles. The fraction of sp³-hybridized carbons (Fsp3) is 0.286. The fourth-order valence-corrected chi connectivity index (χ4v) is 2.39. The van der Waals surface area contributed by atoms with Gasteiger partial charge in [0.25, 0.3) is 5.56 Å². The summed E-state index contributed by atoms with van der Waals surface area (Å²) in [6.07, 6.45) is 0.685. The van der Waals surface area contributed by atoms with Crippen molar-refractivity contribution in [3.8, 4) is 17.0 Å². The second-order valence-corrected chi connectivity index (χ2v) is 4.85. The largest absolute Gasteiger partial charge is 0.496 e. The van der Waals surface area contributed by atoms with Crippen LogP contribution in [0.25, 0.3) is 11.3 Å². The van der Waals surface area contributed by atoms with E-state index in [1.807, 2.05) is 0 Å². The Labute approximate surface area is 138 Å². The van der Waals surface area contributed by atoms with Gasteiger partial charge in [0.15, 0.2) is 4.77 Å². The Kier molecular flexibility index (Phi) is 6.73. The topological polar surface area (TPSA) is 73.0 Å². The number of benzene rings is 1. The molecule has 120 valence electrons. The number of halogens is 2. The van der Waals surface area contributed by atoms with Crippen LogP contribution in [0.15, 0.2) is 29.1 Å². The maximum atomic E-state index is 13.6. The number of nitrogens with one attached hydrogen (secondary N) is 1. The summed E-state index contributed by atoms with van der Waals surface area (Å²) in [5.41, 5.74) is 6.17. The van der Waals surface area contributed by atoms with E-state index in [1.165, 1.54) is 31.4 Å². The van der Waals surface area contributed by atoms with Crippen molar-refractivity contribution >= 4 is 24.6 Å². The average molecular weight is 346 g/mol. The van der Waals surface area contributed by atoms with E-state index in [0.717, 1.165) is 0 Å². The van der Waals surface area contributed by atoms with Crippen molar-refractivity contribution in [1.82, 2.24) is 9.55 Å². The van der Waals surface area contributed by atoms with Gasteiger partial charge in [0, 0.05) is 18.2 Å². The Morgan fingerprint density at radius 1 is 1.41 bits per heavy atom. The number of aromatic nitrogens is 2. The zero-order valence-electron chi connectivity index (χ0n) is 12.0. The summed E-state index contributed by atoms with van der Waals surface area (Å²) in [6, 6.07) is 5.52. The van der Waals surface area contributed by atoms with E-state index in [1.54, 1.807) is 4.57 Å². The number of rotatable bonds is 5. The smallest absolute Gasteiger partial charge is 0.252 e. The molecule has 8 heteroatoms. The van der Waals surface area contributed by atoms with Gasteiger partial charge in [-0.1, -0.05) is 0 Å². The Balaban J connectivity index is 0.00000242. The van der Waals surface area contributed by atoms with Gasteiger partial charge in [-0.2, -0.15) is 0 Å². The van der Waals surface area contributed by atoms with Crippen molar-refractivity contribution < 1.29 is 9.13 Å². The number of hydrogen-bond donors (Lipinski definition) is 2. The zero-order chi connectivity index (χ0) is 15.4. The maximum Gasteiger partial charge on any atom is 0.252 e. The molecule has 0 bridgehead atoms. The average Bonchev–Trinajstić information content (AvgIpc) is 2.45. The quantitative estimate of drug-likeness (QED) is 0.817. The zero-order valence-corrected chi connectivity index (χ0v) is 13.6. The van der Waals surface area contributed by atoms with Crippen LogP contribution < -0.4 is 16.0 Å². The van der Waals surface area contributed by atoms with Gasteiger partial charge in [0.05, 0.1) is 12.8 Å². The molecule has 0 aliphatic heterocycles. The number of methoxy groups -OCH3 is 1. The van der Waals surface area contributed by atoms with Crippen molar-refractivity contribution in [2.75, 3.05) is 13.7 Å². The molecular weight excluding hydrogens is 329 g/mol. The standard InChI is InChI=1S/C14H16FN3O2S.ClH/c1-20-12-4-3-9(15)7-10(12)11-8-13(19)17-14(21)18(11)6-2-5-16;/h3-4,7-8H,2,5-6,16H2,1H3,(H,17,19,21);1H. The van der Waals surface area contributed by atoms with E-state index in [-0.39, 0.29) is 22.7 Å². The Hall–Kier alpha value is -1.70. The number of nitrogens with zero attached hydrogens (tertiary/aromatic N) is 1. The van der Waals surface area contributed by atoms with Gasteiger partial charge < -0.3 is 15.0 Å². The Morgan fingerprint density at radius 3 is 2.77 bits per heavy atom. The highest BCUT2D eigenvalue weighted by molar-refractivity contribution is 7.71. The summed E-state index contributed by atoms with van der Waals surface area (Å²) in [4.78, 5) is 14.3. The number of ether oxygens (including phenoxy) is 1. The first-order valence-electron chi connectivity index (χ1n) is 6.45. The highest BCUT2D eigenvalue weighted by atomic mass is 35.5. The molecule has 1 heterocycles. The molecule has 0 aliphatic rings. The third-order valence-electron chi connectivity index (χ3n) is 3.06. The molecule has 0 amide bonds. The molecule has 1 aromatic heterocycles. The highest BCUT2D eigenvalue weighted by Crippen LogP contribution is 2.30. The van der Waals surface area contributed by atoms with Crippen molar-refractivity contribution in [2.45, 2.75) is 13.0 Å². The molecule has 0 atom stereocenters. The van der Waals surface area contributed by atoms with E-state index >= 15 is 0 Å². The van der Waals surface area contributed by atoms with Crippen LogP contribution in [0.4, 0.5) is 4.39 Å². The van der Waals surface area contributed by atoms with E-state index in [4.69, 9.17) is 22.7 Å². The van der Waals surface area contributed by atoms with Crippen LogP contribution in [0.3, 0.4) is 0 Å². The predicted octanol–water partition coefficient (Wildman–Crippen LogP) is 2.49. The lowest BCUT2D eigenvalue weighted by atomic mass is 10.1. The minimum absolute atomic E-state index is 0. The fourth-order valence-electron chi connectivity index (χ4n) is 2.10. The maximum absolute atomic E-state index is 13.6. The number of aromatic amines is 1. The van der Waals surface area contributed by atoms with Gasteiger partial charge in [-0.05, 0) is 43.4 Å². The van der Waals surface area contributed by atoms with E-state index in [0.29, 0.717) is 36.5 Å². The molecule has 0 radical (unpaired) electrons. The summed E-state index contributed by atoms with van der Waals surface area (Å²) in [5, 5.41) is 0. The molecule has 2 aromatic rings. The molecule has 22 heavy (non-hydrogen) atoms. The lowest BCUT2D eigenvalue weighted by Crippen LogP contribution is -2.16. The molecule has 1 aromatic carbocycles. The normalized spacial score (nSPS) is 10.1. The van der Waals surface area contributed by atoms with Crippen LogP contribution in [0.1, 0.15) is 6.42 Å². The first-order chi connectivity index (χ1) is 10.1. The molecule has 0 unspecified atom stereocenters.